The number of methoxy groups -OCH3 is 1. The highest BCUT2D eigenvalue weighted by Gasteiger charge is 2.54. The van der Waals surface area contributed by atoms with E-state index in [9.17, 15) is 9.59 Å². The van der Waals surface area contributed by atoms with Crippen molar-refractivity contribution in [3.8, 4) is 5.88 Å². The second-order valence-corrected chi connectivity index (χ2v) is 9.67. The minimum Gasteiger partial charge on any atom is -0.481 e. The van der Waals surface area contributed by atoms with Crippen molar-refractivity contribution in [3.05, 3.63) is 86.4 Å². The summed E-state index contributed by atoms with van der Waals surface area (Å²) in [5, 5.41) is 0.668. The molecule has 0 saturated carbocycles. The summed E-state index contributed by atoms with van der Waals surface area (Å²) in [6.07, 6.45) is 0.319. The first-order valence-electron chi connectivity index (χ1n) is 10.1. The molecule has 0 radical (unpaired) electrons. The Labute approximate surface area is 210 Å². The van der Waals surface area contributed by atoms with Crippen molar-refractivity contribution >= 4 is 56.8 Å². The van der Waals surface area contributed by atoms with Crippen molar-refractivity contribution in [2.24, 2.45) is 0 Å². The fourth-order valence-corrected chi connectivity index (χ4v) is 4.68. The molecule has 3 aromatic rings. The van der Waals surface area contributed by atoms with E-state index in [2.05, 4.69) is 20.9 Å². The smallest absolute Gasteiger partial charge is 0.332 e. The van der Waals surface area contributed by atoms with Gasteiger partial charge in [-0.05, 0) is 48.9 Å². The average molecular weight is 549 g/mol. The molecule has 1 atom stereocenters. The Hall–Kier alpha value is -2.61. The lowest BCUT2D eigenvalue weighted by Gasteiger charge is -2.31. The largest absolute Gasteiger partial charge is 0.481 e. The van der Waals surface area contributed by atoms with Crippen LogP contribution in [0.15, 0.2) is 65.1 Å². The number of hydrogen-bond donors (Lipinski definition) is 0. The quantitative estimate of drug-likeness (QED) is 0.348. The Bertz CT molecular complexity index is 1200. The van der Waals surface area contributed by atoms with Crippen LogP contribution in [0, 0.1) is 0 Å². The van der Waals surface area contributed by atoms with E-state index in [1.807, 2.05) is 24.3 Å². The third-order valence-electron chi connectivity index (χ3n) is 5.56. The molecule has 1 fully saturated rings. The number of imide groups is 1. The Morgan fingerprint density at radius 3 is 2.33 bits per heavy atom. The number of hydrogen-bond acceptors (Lipinski definition) is 4. The zero-order valence-corrected chi connectivity index (χ0v) is 21.0. The molecule has 170 valence electrons. The summed E-state index contributed by atoms with van der Waals surface area (Å²) in [5.41, 5.74) is 0.676. The second-order valence-electron chi connectivity index (χ2n) is 7.89. The van der Waals surface area contributed by atoms with Gasteiger partial charge in [-0.3, -0.25) is 4.79 Å². The molecule has 33 heavy (non-hydrogen) atoms. The monoisotopic (exact) mass is 547 g/mol. The maximum Gasteiger partial charge on any atom is 0.332 e. The Morgan fingerprint density at radius 1 is 1.03 bits per heavy atom. The van der Waals surface area contributed by atoms with Crippen molar-refractivity contribution in [2.45, 2.75) is 25.4 Å². The number of carbonyl (C=O) groups is 2. The van der Waals surface area contributed by atoms with E-state index in [0.717, 1.165) is 14.9 Å². The van der Waals surface area contributed by atoms with E-state index in [0.29, 0.717) is 33.7 Å². The number of nitrogens with zero attached hydrogens (tertiary/aromatic N) is 3. The fraction of sp³-hybridized carbons (Fsp3) is 0.208. The number of urea groups is 1. The zero-order valence-electron chi connectivity index (χ0n) is 17.9. The molecule has 0 unspecified atom stereocenters. The van der Waals surface area contributed by atoms with Gasteiger partial charge in [-0.15, -0.1) is 0 Å². The van der Waals surface area contributed by atoms with Crippen molar-refractivity contribution < 1.29 is 14.3 Å². The van der Waals surface area contributed by atoms with Gasteiger partial charge in [0.05, 0.1) is 25.0 Å². The van der Waals surface area contributed by atoms with Gasteiger partial charge >= 0.3 is 6.03 Å². The van der Waals surface area contributed by atoms with Crippen molar-refractivity contribution in [1.82, 2.24) is 9.88 Å². The molecule has 0 bridgehead atoms. The van der Waals surface area contributed by atoms with Gasteiger partial charge in [0, 0.05) is 27.0 Å². The van der Waals surface area contributed by atoms with Crippen LogP contribution in [0.2, 0.25) is 10.0 Å². The van der Waals surface area contributed by atoms with Crippen LogP contribution in [0.25, 0.3) is 0 Å². The van der Waals surface area contributed by atoms with Crippen LogP contribution >= 0.6 is 39.1 Å². The molecular formula is C24H20BrCl2N3O3. The normalized spacial score (nSPS) is 18.2. The summed E-state index contributed by atoms with van der Waals surface area (Å²) in [7, 11) is 1.53. The number of aromatic nitrogens is 1. The molecule has 2 heterocycles. The standard InChI is InChI=1S/C24H20BrCl2N3O3/c1-24(13-15-6-8-16(25)9-7-15)22(31)30(20-11-17(26)10-18(27)12-20)23(32)29(24)14-19-4-3-5-21(28-19)33-2/h3-12H,13-14H2,1-2H3/t24-/m1/s1. The summed E-state index contributed by atoms with van der Waals surface area (Å²) < 4.78 is 6.15. The zero-order chi connectivity index (χ0) is 23.8. The fourth-order valence-electron chi connectivity index (χ4n) is 3.91. The predicted octanol–water partition coefficient (Wildman–Crippen LogP) is 6.13. The van der Waals surface area contributed by atoms with Crippen LogP contribution in [0.1, 0.15) is 18.2 Å². The summed E-state index contributed by atoms with van der Waals surface area (Å²) in [4.78, 5) is 34.5. The van der Waals surface area contributed by atoms with E-state index < -0.39 is 11.6 Å². The predicted molar refractivity (Wildman–Crippen MR) is 132 cm³/mol. The van der Waals surface area contributed by atoms with Gasteiger partial charge in [0.2, 0.25) is 5.88 Å². The lowest BCUT2D eigenvalue weighted by Crippen LogP contribution is -2.48. The molecule has 1 saturated heterocycles. The number of ether oxygens (including phenoxy) is 1. The van der Waals surface area contributed by atoms with Crippen molar-refractivity contribution in [3.63, 3.8) is 0 Å². The van der Waals surface area contributed by atoms with E-state index >= 15 is 0 Å². The highest BCUT2D eigenvalue weighted by atomic mass is 79.9. The van der Waals surface area contributed by atoms with Crippen molar-refractivity contribution in [1.29, 1.82) is 0 Å². The first-order chi connectivity index (χ1) is 15.7. The number of pyridine rings is 1. The summed E-state index contributed by atoms with van der Waals surface area (Å²) in [5.74, 6) is 0.0650. The Balaban J connectivity index is 1.77. The van der Waals surface area contributed by atoms with Gasteiger partial charge in [-0.2, -0.15) is 0 Å². The maximum absolute atomic E-state index is 13.8. The van der Waals surface area contributed by atoms with Gasteiger partial charge in [0.1, 0.15) is 5.54 Å². The van der Waals surface area contributed by atoms with Crippen LogP contribution in [-0.2, 0) is 17.8 Å². The SMILES string of the molecule is COc1cccc(CN2C(=O)N(c3cc(Cl)cc(Cl)c3)C(=O)[C@@]2(C)Cc2ccc(Br)cc2)n1. The molecule has 3 amide bonds. The number of benzene rings is 2. The minimum absolute atomic E-state index is 0.125. The molecule has 9 heteroatoms. The third kappa shape index (κ3) is 4.71. The summed E-state index contributed by atoms with van der Waals surface area (Å²) in [6, 6.07) is 17.2. The minimum atomic E-state index is -1.16. The number of rotatable bonds is 6. The first-order valence-corrected chi connectivity index (χ1v) is 11.6. The van der Waals surface area contributed by atoms with Crippen LogP contribution in [0.3, 0.4) is 0 Å². The summed E-state index contributed by atoms with van der Waals surface area (Å²) in [6.45, 7) is 1.89. The van der Waals surface area contributed by atoms with Crippen LogP contribution in [-0.4, -0.2) is 34.5 Å². The number of amides is 3. The Morgan fingerprint density at radius 2 is 1.70 bits per heavy atom. The highest BCUT2D eigenvalue weighted by molar-refractivity contribution is 9.10. The van der Waals surface area contributed by atoms with Crippen LogP contribution in [0.5, 0.6) is 5.88 Å². The van der Waals surface area contributed by atoms with Crippen LogP contribution in [0.4, 0.5) is 10.5 Å². The van der Waals surface area contributed by atoms with Crippen molar-refractivity contribution in [2.75, 3.05) is 12.0 Å². The molecule has 2 aromatic carbocycles. The second kappa shape index (κ2) is 9.33. The van der Waals surface area contributed by atoms with E-state index in [1.165, 1.54) is 12.0 Å². The number of carbonyl (C=O) groups excluding carboxylic acids is 2. The lowest BCUT2D eigenvalue weighted by atomic mass is 9.91. The first kappa shape index (κ1) is 23.5. The molecule has 0 aliphatic carbocycles. The van der Waals surface area contributed by atoms with Gasteiger partial charge in [-0.1, -0.05) is 57.3 Å². The highest BCUT2D eigenvalue weighted by Crippen LogP contribution is 2.38. The van der Waals surface area contributed by atoms with Gasteiger partial charge in [0.15, 0.2) is 0 Å². The van der Waals surface area contributed by atoms with Gasteiger partial charge < -0.3 is 9.64 Å². The third-order valence-corrected chi connectivity index (χ3v) is 6.52. The number of anilines is 1. The molecule has 1 aliphatic rings. The molecule has 0 spiro atoms. The average Bonchev–Trinajstić information content (AvgIpc) is 2.95. The lowest BCUT2D eigenvalue weighted by molar-refractivity contribution is -0.124. The number of halogens is 3. The van der Waals surface area contributed by atoms with E-state index in [1.54, 1.807) is 43.3 Å². The molecule has 6 nitrogen and oxygen atoms in total. The Kier molecular flexibility index (Phi) is 6.66. The van der Waals surface area contributed by atoms with E-state index in [4.69, 9.17) is 27.9 Å². The summed E-state index contributed by atoms with van der Waals surface area (Å²) >= 11 is 15.8. The van der Waals surface area contributed by atoms with Crippen LogP contribution < -0.4 is 9.64 Å². The molecule has 4 rings (SSSR count). The maximum atomic E-state index is 13.8. The molecular weight excluding hydrogens is 529 g/mol. The topological polar surface area (TPSA) is 62.7 Å². The molecule has 1 aliphatic heterocycles. The molecule has 1 aromatic heterocycles. The molecule has 0 N–H and O–H groups in total. The van der Waals surface area contributed by atoms with Gasteiger partial charge in [-0.25, -0.2) is 14.7 Å². The van der Waals surface area contributed by atoms with E-state index in [-0.39, 0.29) is 12.5 Å². The van der Waals surface area contributed by atoms with Gasteiger partial charge in [0.25, 0.3) is 5.91 Å².